The largest absolute Gasteiger partial charge is 0.373 e. The van der Waals surface area contributed by atoms with Gasteiger partial charge in [-0.3, -0.25) is 4.79 Å². The summed E-state index contributed by atoms with van der Waals surface area (Å²) in [6.45, 7) is 7.09. The monoisotopic (exact) mass is 554 g/mol. The number of aromatic amines is 1. The number of aromatic nitrogens is 4. The van der Waals surface area contributed by atoms with Crippen LogP contribution >= 0.6 is 0 Å². The number of hydrogen-bond donors (Lipinski definition) is 2. The number of aryl methyl sites for hydroxylation is 1. The first kappa shape index (κ1) is 27.9. The number of urea groups is 1. The van der Waals surface area contributed by atoms with Crippen molar-refractivity contribution in [2.45, 2.75) is 76.5 Å². The van der Waals surface area contributed by atoms with Crippen LogP contribution in [-0.2, 0) is 16.9 Å². The second-order valence-electron chi connectivity index (χ2n) is 11.3. The van der Waals surface area contributed by atoms with Gasteiger partial charge < -0.3 is 19.5 Å². The molecule has 2 atom stereocenters. The van der Waals surface area contributed by atoms with Gasteiger partial charge in [-0.05, 0) is 70.1 Å². The minimum atomic E-state index is -0.873. The highest BCUT2D eigenvalue weighted by atomic mass is 19.2. The van der Waals surface area contributed by atoms with Crippen LogP contribution in [0.4, 0.5) is 13.6 Å². The maximum atomic E-state index is 14.8. The molecule has 0 aliphatic carbocycles. The van der Waals surface area contributed by atoms with E-state index < -0.39 is 23.3 Å². The number of fused-ring (bicyclic) bond motifs is 1. The molecular formula is C29H36F2N6O3. The number of carbonyl (C=O) groups excluding carboxylic acids is 1. The van der Waals surface area contributed by atoms with Crippen LogP contribution in [0, 0.1) is 18.6 Å². The Morgan fingerprint density at radius 2 is 1.88 bits per heavy atom. The lowest BCUT2D eigenvalue weighted by Crippen LogP contribution is -2.46. The summed E-state index contributed by atoms with van der Waals surface area (Å²) < 4.78 is 36.7. The molecule has 0 saturated carbocycles. The molecule has 2 aromatic heterocycles. The minimum absolute atomic E-state index is 0.0621. The van der Waals surface area contributed by atoms with Crippen molar-refractivity contribution in [3.8, 4) is 0 Å². The molecule has 1 fully saturated rings. The summed E-state index contributed by atoms with van der Waals surface area (Å²) in [6.07, 6.45) is 4.13. The quantitative estimate of drug-likeness (QED) is 0.478. The van der Waals surface area contributed by atoms with E-state index in [4.69, 9.17) is 4.74 Å². The highest BCUT2D eigenvalue weighted by molar-refractivity contribution is 5.74. The first-order valence-corrected chi connectivity index (χ1v) is 13.8. The molecule has 4 heterocycles. The van der Waals surface area contributed by atoms with E-state index in [0.717, 1.165) is 17.5 Å². The molecule has 3 aromatic rings. The van der Waals surface area contributed by atoms with E-state index in [1.54, 1.807) is 24.3 Å². The Morgan fingerprint density at radius 3 is 2.60 bits per heavy atom. The molecule has 11 heteroatoms. The molecule has 40 heavy (non-hydrogen) atoms. The number of H-pyrrole nitrogens is 1. The van der Waals surface area contributed by atoms with Gasteiger partial charge in [0.2, 0.25) is 0 Å². The molecule has 9 nitrogen and oxygen atoms in total. The zero-order valence-corrected chi connectivity index (χ0v) is 23.3. The number of benzene rings is 1. The maximum Gasteiger partial charge on any atom is 0.317 e. The smallest absolute Gasteiger partial charge is 0.317 e. The van der Waals surface area contributed by atoms with E-state index in [2.05, 4.69) is 20.5 Å². The Kier molecular flexibility index (Phi) is 7.76. The number of nitrogens with zero attached hydrogens (tertiary/aromatic N) is 4. The number of ether oxygens (including phenoxy) is 1. The molecule has 2 aliphatic rings. The number of rotatable bonds is 5. The van der Waals surface area contributed by atoms with Gasteiger partial charge in [-0.2, -0.15) is 5.10 Å². The van der Waals surface area contributed by atoms with Crippen LogP contribution in [0.2, 0.25) is 0 Å². The molecule has 0 bridgehead atoms. The molecule has 0 radical (unpaired) electrons. The van der Waals surface area contributed by atoms with E-state index in [1.165, 1.54) is 6.07 Å². The van der Waals surface area contributed by atoms with Crippen molar-refractivity contribution in [2.24, 2.45) is 0 Å². The zero-order chi connectivity index (χ0) is 28.6. The van der Waals surface area contributed by atoms with Crippen LogP contribution in [0.1, 0.15) is 85.7 Å². The summed E-state index contributed by atoms with van der Waals surface area (Å²) in [6, 6.07) is 5.47. The molecule has 5 rings (SSSR count). The molecule has 214 valence electrons. The second kappa shape index (κ2) is 11.1. The highest BCUT2D eigenvalue weighted by Gasteiger charge is 2.35. The van der Waals surface area contributed by atoms with Crippen molar-refractivity contribution in [1.29, 1.82) is 0 Å². The topological polar surface area (TPSA) is 105 Å². The average molecular weight is 555 g/mol. The molecule has 0 spiro atoms. The Bertz CT molecular complexity index is 1440. The van der Waals surface area contributed by atoms with Crippen LogP contribution in [-0.4, -0.2) is 50.9 Å². The van der Waals surface area contributed by atoms with Gasteiger partial charge >= 0.3 is 6.03 Å². The molecule has 1 aromatic carbocycles. The van der Waals surface area contributed by atoms with E-state index in [9.17, 15) is 18.4 Å². The van der Waals surface area contributed by atoms with Crippen molar-refractivity contribution in [3.63, 3.8) is 0 Å². The Morgan fingerprint density at radius 1 is 1.12 bits per heavy atom. The summed E-state index contributed by atoms with van der Waals surface area (Å²) in [4.78, 5) is 32.2. The summed E-state index contributed by atoms with van der Waals surface area (Å²) in [7, 11) is 1.62. The van der Waals surface area contributed by atoms with E-state index in [-0.39, 0.29) is 23.4 Å². The van der Waals surface area contributed by atoms with Crippen molar-refractivity contribution >= 4 is 6.03 Å². The summed E-state index contributed by atoms with van der Waals surface area (Å²) in [5.74, 6) is -1.29. The van der Waals surface area contributed by atoms with Gasteiger partial charge in [0.1, 0.15) is 11.4 Å². The predicted molar refractivity (Wildman–Crippen MR) is 145 cm³/mol. The van der Waals surface area contributed by atoms with Crippen molar-refractivity contribution in [2.75, 3.05) is 20.2 Å². The highest BCUT2D eigenvalue weighted by Crippen LogP contribution is 2.38. The number of likely N-dealkylation sites (tertiary alicyclic amines) is 1. The molecule has 2 amide bonds. The molecule has 2 aliphatic heterocycles. The number of nitrogens with one attached hydrogen (secondary N) is 2. The van der Waals surface area contributed by atoms with Gasteiger partial charge in [0, 0.05) is 38.2 Å². The SMILES string of the molecule is COC(C)(C)c1cnc2n1C[C@H](c1cccc(F)c1F)CC[C@H]2NC(=O)N1CCC(c2cc(C)n[nH]c2=O)CC1. The lowest BCUT2D eigenvalue weighted by Gasteiger charge is -2.33. The fourth-order valence-corrected chi connectivity index (χ4v) is 5.94. The van der Waals surface area contributed by atoms with E-state index in [1.807, 2.05) is 31.4 Å². The number of methoxy groups -OCH3 is 1. The van der Waals surface area contributed by atoms with Gasteiger partial charge in [-0.1, -0.05) is 12.1 Å². The third-order valence-electron chi connectivity index (χ3n) is 8.43. The molecular weight excluding hydrogens is 518 g/mol. The third-order valence-corrected chi connectivity index (χ3v) is 8.43. The lowest BCUT2D eigenvalue weighted by atomic mass is 9.90. The van der Waals surface area contributed by atoms with Crippen molar-refractivity contribution in [1.82, 2.24) is 30.0 Å². The van der Waals surface area contributed by atoms with Crippen molar-refractivity contribution < 1.29 is 18.3 Å². The van der Waals surface area contributed by atoms with Crippen LogP contribution in [0.15, 0.2) is 35.3 Å². The zero-order valence-electron chi connectivity index (χ0n) is 23.3. The average Bonchev–Trinajstić information content (AvgIpc) is 3.29. The van der Waals surface area contributed by atoms with E-state index >= 15 is 0 Å². The fraction of sp³-hybridized carbons (Fsp3) is 0.517. The normalized spacial score (nSPS) is 20.2. The Labute approximate surface area is 231 Å². The van der Waals surface area contributed by atoms with Gasteiger partial charge in [-0.15, -0.1) is 0 Å². The Hall–Kier alpha value is -3.60. The van der Waals surface area contributed by atoms with Gasteiger partial charge in [-0.25, -0.2) is 23.7 Å². The number of piperidine rings is 1. The Balaban J connectivity index is 1.36. The van der Waals surface area contributed by atoms with Crippen molar-refractivity contribution in [3.05, 3.63) is 80.8 Å². The summed E-state index contributed by atoms with van der Waals surface area (Å²) in [5, 5.41) is 9.66. The van der Waals surface area contributed by atoms with Gasteiger partial charge in [0.05, 0.1) is 23.6 Å². The number of imidazole rings is 1. The van der Waals surface area contributed by atoms with Crippen LogP contribution in [0.5, 0.6) is 0 Å². The summed E-state index contributed by atoms with van der Waals surface area (Å²) in [5.41, 5.74) is 1.72. The van der Waals surface area contributed by atoms with Gasteiger partial charge in [0.25, 0.3) is 5.56 Å². The molecule has 0 unspecified atom stereocenters. The number of halogens is 2. The minimum Gasteiger partial charge on any atom is -0.373 e. The number of amides is 2. The predicted octanol–water partition coefficient (Wildman–Crippen LogP) is 4.64. The fourth-order valence-electron chi connectivity index (χ4n) is 5.94. The molecule has 2 N–H and O–H groups in total. The van der Waals surface area contributed by atoms with E-state index in [0.29, 0.717) is 62.3 Å². The standard InChI is InChI=1S/C29H36F2N6O3/c1-17-14-21(27(38)35-34-17)18-10-12-36(13-11-18)28(39)33-23-9-8-19(20-6-5-7-22(30)25(20)31)16-37-24(15-32-26(23)37)29(2,3)40-4/h5-7,14-15,18-19,23H,8-13,16H2,1-4H3,(H,33,39)(H,35,38)/t19-,23-/m1/s1. The maximum absolute atomic E-state index is 14.8. The number of hydrogen-bond acceptors (Lipinski definition) is 5. The van der Waals surface area contributed by atoms with Crippen LogP contribution in [0.25, 0.3) is 0 Å². The van der Waals surface area contributed by atoms with Crippen LogP contribution in [0.3, 0.4) is 0 Å². The van der Waals surface area contributed by atoms with Gasteiger partial charge in [0.15, 0.2) is 11.6 Å². The first-order chi connectivity index (χ1) is 19.1. The van der Waals surface area contributed by atoms with Crippen LogP contribution < -0.4 is 10.9 Å². The number of carbonyl (C=O) groups is 1. The summed E-state index contributed by atoms with van der Waals surface area (Å²) >= 11 is 0. The second-order valence-corrected chi connectivity index (χ2v) is 11.3. The lowest BCUT2D eigenvalue weighted by molar-refractivity contribution is 0.0120. The first-order valence-electron chi connectivity index (χ1n) is 13.8. The third kappa shape index (κ3) is 5.39. The molecule has 1 saturated heterocycles.